The van der Waals surface area contributed by atoms with Crippen molar-refractivity contribution < 1.29 is 4.79 Å². The number of hydrogen-bond donors (Lipinski definition) is 2. The predicted molar refractivity (Wildman–Crippen MR) is 83.6 cm³/mol. The first kappa shape index (κ1) is 15.0. The second-order valence-electron chi connectivity index (χ2n) is 6.07. The van der Waals surface area contributed by atoms with E-state index in [0.717, 1.165) is 18.2 Å². The summed E-state index contributed by atoms with van der Waals surface area (Å²) >= 11 is 0. The predicted octanol–water partition coefficient (Wildman–Crippen LogP) is 3.70. The van der Waals surface area contributed by atoms with Crippen molar-refractivity contribution in [3.8, 4) is 0 Å². The maximum atomic E-state index is 11.0. The van der Waals surface area contributed by atoms with Gasteiger partial charge in [-0.25, -0.2) is 0 Å². The normalized spacial score (nSPS) is 23.1. The van der Waals surface area contributed by atoms with E-state index in [1.165, 1.54) is 44.6 Å². The van der Waals surface area contributed by atoms with E-state index in [-0.39, 0.29) is 5.91 Å². The number of amides is 1. The summed E-state index contributed by atoms with van der Waals surface area (Å²) in [5.41, 5.74) is 2.14. The summed E-state index contributed by atoms with van der Waals surface area (Å²) in [6, 6.07) is 8.76. The van der Waals surface area contributed by atoms with Crippen LogP contribution < -0.4 is 10.6 Å². The van der Waals surface area contributed by atoms with Gasteiger partial charge in [-0.05, 0) is 42.9 Å². The largest absolute Gasteiger partial charge is 0.326 e. The van der Waals surface area contributed by atoms with Gasteiger partial charge in [-0.1, -0.05) is 31.9 Å². The summed E-state index contributed by atoms with van der Waals surface area (Å²) < 4.78 is 0. The van der Waals surface area contributed by atoms with Crippen LogP contribution in [0.25, 0.3) is 0 Å². The summed E-state index contributed by atoms with van der Waals surface area (Å²) in [5.74, 6) is 0.863. The molecular weight excluding hydrogens is 248 g/mol. The number of carbonyl (C=O) groups is 1. The van der Waals surface area contributed by atoms with Gasteiger partial charge in [-0.3, -0.25) is 4.79 Å². The zero-order chi connectivity index (χ0) is 14.4. The Bertz CT molecular complexity index is 427. The summed E-state index contributed by atoms with van der Waals surface area (Å²) in [6.07, 6.45) is 6.67. The Morgan fingerprint density at radius 2 is 1.90 bits per heavy atom. The molecule has 1 saturated carbocycles. The first-order valence-corrected chi connectivity index (χ1v) is 7.73. The highest BCUT2D eigenvalue weighted by atomic mass is 16.1. The van der Waals surface area contributed by atoms with Crippen LogP contribution in [0, 0.1) is 5.92 Å². The van der Waals surface area contributed by atoms with Crippen LogP contribution in [0.1, 0.15) is 51.5 Å². The molecular formula is C17H26N2O. The van der Waals surface area contributed by atoms with Crippen LogP contribution in [-0.4, -0.2) is 11.9 Å². The van der Waals surface area contributed by atoms with Gasteiger partial charge in [-0.2, -0.15) is 0 Å². The summed E-state index contributed by atoms with van der Waals surface area (Å²) in [4.78, 5) is 11.0. The van der Waals surface area contributed by atoms with Gasteiger partial charge in [0.2, 0.25) is 5.91 Å². The molecule has 1 amide bonds. The van der Waals surface area contributed by atoms with Crippen molar-refractivity contribution in [1.29, 1.82) is 0 Å². The fourth-order valence-corrected chi connectivity index (χ4v) is 2.86. The molecule has 0 radical (unpaired) electrons. The van der Waals surface area contributed by atoms with Crippen molar-refractivity contribution in [3.05, 3.63) is 29.8 Å². The Morgan fingerprint density at radius 3 is 2.60 bits per heavy atom. The fraction of sp³-hybridized carbons (Fsp3) is 0.588. The lowest BCUT2D eigenvalue weighted by Crippen LogP contribution is -2.27. The van der Waals surface area contributed by atoms with E-state index in [1.54, 1.807) is 0 Å². The number of carbonyl (C=O) groups excluding carboxylic acids is 1. The van der Waals surface area contributed by atoms with Crippen molar-refractivity contribution in [2.24, 2.45) is 5.92 Å². The zero-order valence-corrected chi connectivity index (χ0v) is 12.6. The van der Waals surface area contributed by atoms with Gasteiger partial charge in [-0.15, -0.1) is 0 Å². The van der Waals surface area contributed by atoms with E-state index < -0.39 is 0 Å². The third kappa shape index (κ3) is 4.97. The third-order valence-electron chi connectivity index (χ3n) is 4.13. The quantitative estimate of drug-likeness (QED) is 0.822. The number of rotatable bonds is 4. The molecule has 3 heteroatoms. The monoisotopic (exact) mass is 274 g/mol. The Balaban J connectivity index is 1.80. The highest BCUT2D eigenvalue weighted by molar-refractivity contribution is 5.88. The molecule has 0 aromatic heterocycles. The molecule has 1 aromatic carbocycles. The van der Waals surface area contributed by atoms with Crippen molar-refractivity contribution in [3.63, 3.8) is 0 Å². The van der Waals surface area contributed by atoms with E-state index in [9.17, 15) is 4.79 Å². The van der Waals surface area contributed by atoms with Crippen LogP contribution in [0.4, 0.5) is 5.69 Å². The van der Waals surface area contributed by atoms with E-state index in [4.69, 9.17) is 0 Å². The number of benzene rings is 1. The summed E-state index contributed by atoms with van der Waals surface area (Å²) in [5, 5.41) is 6.46. The Labute approximate surface area is 122 Å². The van der Waals surface area contributed by atoms with Gasteiger partial charge < -0.3 is 10.6 Å². The van der Waals surface area contributed by atoms with Crippen LogP contribution in [0.2, 0.25) is 0 Å². The number of nitrogens with one attached hydrogen (secondary N) is 2. The minimum Gasteiger partial charge on any atom is -0.326 e. The summed E-state index contributed by atoms with van der Waals surface area (Å²) in [7, 11) is 0. The molecule has 2 rings (SSSR count). The molecule has 1 fully saturated rings. The lowest BCUT2D eigenvalue weighted by atomic mass is 10.0. The first-order chi connectivity index (χ1) is 9.63. The van der Waals surface area contributed by atoms with Gasteiger partial charge in [0.25, 0.3) is 0 Å². The molecule has 2 atom stereocenters. The van der Waals surface area contributed by atoms with Gasteiger partial charge in [0, 0.05) is 25.2 Å². The lowest BCUT2D eigenvalue weighted by Gasteiger charge is -2.16. The SMILES string of the molecule is CC(=O)Nc1ccc(CNC2CCCC(C)CC2)cc1. The molecule has 0 heterocycles. The maximum Gasteiger partial charge on any atom is 0.221 e. The molecule has 1 aromatic rings. The molecule has 0 aliphatic heterocycles. The van der Waals surface area contributed by atoms with Crippen LogP contribution in [0.15, 0.2) is 24.3 Å². The minimum atomic E-state index is -0.0246. The second-order valence-corrected chi connectivity index (χ2v) is 6.07. The maximum absolute atomic E-state index is 11.0. The zero-order valence-electron chi connectivity index (χ0n) is 12.6. The average molecular weight is 274 g/mol. The van der Waals surface area contributed by atoms with Crippen molar-refractivity contribution in [2.75, 3.05) is 5.32 Å². The van der Waals surface area contributed by atoms with Crippen LogP contribution >= 0.6 is 0 Å². The molecule has 1 aliphatic carbocycles. The molecule has 1 aliphatic rings. The molecule has 3 nitrogen and oxygen atoms in total. The van der Waals surface area contributed by atoms with Gasteiger partial charge in [0.15, 0.2) is 0 Å². The van der Waals surface area contributed by atoms with Crippen molar-refractivity contribution >= 4 is 11.6 Å². The van der Waals surface area contributed by atoms with Gasteiger partial charge >= 0.3 is 0 Å². The molecule has 2 N–H and O–H groups in total. The Kier molecular flexibility index (Phi) is 5.60. The second kappa shape index (κ2) is 7.44. The van der Waals surface area contributed by atoms with E-state index >= 15 is 0 Å². The highest BCUT2D eigenvalue weighted by Gasteiger charge is 2.15. The van der Waals surface area contributed by atoms with E-state index in [2.05, 4.69) is 29.7 Å². The summed E-state index contributed by atoms with van der Waals surface area (Å²) in [6.45, 7) is 4.81. The van der Waals surface area contributed by atoms with E-state index in [1.807, 2.05) is 12.1 Å². The molecule has 0 bridgehead atoms. The first-order valence-electron chi connectivity index (χ1n) is 7.73. The van der Waals surface area contributed by atoms with E-state index in [0.29, 0.717) is 6.04 Å². The van der Waals surface area contributed by atoms with Gasteiger partial charge in [0.05, 0.1) is 0 Å². The lowest BCUT2D eigenvalue weighted by molar-refractivity contribution is -0.114. The molecule has 20 heavy (non-hydrogen) atoms. The van der Waals surface area contributed by atoms with Crippen molar-refractivity contribution in [1.82, 2.24) is 5.32 Å². The van der Waals surface area contributed by atoms with Crippen LogP contribution in [0.5, 0.6) is 0 Å². The van der Waals surface area contributed by atoms with Crippen molar-refractivity contribution in [2.45, 2.75) is 58.5 Å². The highest BCUT2D eigenvalue weighted by Crippen LogP contribution is 2.22. The third-order valence-corrected chi connectivity index (χ3v) is 4.13. The number of anilines is 1. The minimum absolute atomic E-state index is 0.0246. The smallest absolute Gasteiger partial charge is 0.221 e. The van der Waals surface area contributed by atoms with Crippen LogP contribution in [-0.2, 0) is 11.3 Å². The van der Waals surface area contributed by atoms with Gasteiger partial charge in [0.1, 0.15) is 0 Å². The van der Waals surface area contributed by atoms with Crippen LogP contribution in [0.3, 0.4) is 0 Å². The molecule has 110 valence electrons. The molecule has 0 spiro atoms. The average Bonchev–Trinajstić information content (AvgIpc) is 2.62. The molecule has 0 saturated heterocycles. The number of hydrogen-bond acceptors (Lipinski definition) is 2. The Morgan fingerprint density at radius 1 is 1.15 bits per heavy atom. The topological polar surface area (TPSA) is 41.1 Å². The standard InChI is InChI=1S/C17H26N2O/c1-13-4-3-5-16(9-6-13)18-12-15-7-10-17(11-8-15)19-14(2)20/h7-8,10-11,13,16,18H,3-6,9,12H2,1-2H3,(H,19,20). The molecule has 2 unspecified atom stereocenters. The fourth-order valence-electron chi connectivity index (χ4n) is 2.86. The Hall–Kier alpha value is -1.35.